The highest BCUT2D eigenvalue weighted by Gasteiger charge is 2.11. The summed E-state index contributed by atoms with van der Waals surface area (Å²) in [6, 6.07) is 7.41. The van der Waals surface area contributed by atoms with Crippen molar-refractivity contribution in [3.63, 3.8) is 0 Å². The molecule has 0 bridgehead atoms. The van der Waals surface area contributed by atoms with Gasteiger partial charge in [0, 0.05) is 11.7 Å². The lowest BCUT2D eigenvalue weighted by Crippen LogP contribution is -2.18. The van der Waals surface area contributed by atoms with Gasteiger partial charge in [-0.05, 0) is 49.9 Å². The van der Waals surface area contributed by atoms with Crippen LogP contribution < -0.4 is 5.32 Å². The first kappa shape index (κ1) is 11.5. The van der Waals surface area contributed by atoms with Crippen LogP contribution in [0.2, 0.25) is 0 Å². The minimum absolute atomic E-state index is 0.699. The number of hydrogen-bond donors (Lipinski definition) is 1. The highest BCUT2D eigenvalue weighted by molar-refractivity contribution is 5.48. The maximum atomic E-state index is 3.69. The second-order valence-corrected chi connectivity index (χ2v) is 5.13. The van der Waals surface area contributed by atoms with Crippen LogP contribution in [0.15, 0.2) is 18.2 Å². The van der Waals surface area contributed by atoms with E-state index in [9.17, 15) is 0 Å². The van der Waals surface area contributed by atoms with Crippen molar-refractivity contribution in [2.75, 3.05) is 5.32 Å². The molecule has 1 heteroatoms. The molecule has 1 saturated carbocycles. The second-order valence-electron chi connectivity index (χ2n) is 5.13. The molecule has 16 heavy (non-hydrogen) atoms. The quantitative estimate of drug-likeness (QED) is 0.722. The first-order valence-electron chi connectivity index (χ1n) is 6.59. The van der Waals surface area contributed by atoms with Gasteiger partial charge in [-0.3, -0.25) is 0 Å². The van der Waals surface area contributed by atoms with Crippen LogP contribution in [0.3, 0.4) is 0 Å². The van der Waals surface area contributed by atoms with Gasteiger partial charge in [0.05, 0.1) is 0 Å². The number of aryl methyl sites for hydroxylation is 2. The molecule has 0 aromatic heterocycles. The van der Waals surface area contributed by atoms with E-state index >= 15 is 0 Å². The zero-order valence-electron chi connectivity index (χ0n) is 10.6. The zero-order chi connectivity index (χ0) is 11.4. The number of benzene rings is 1. The summed E-state index contributed by atoms with van der Waals surface area (Å²) in [5, 5.41) is 3.69. The van der Waals surface area contributed by atoms with E-state index in [4.69, 9.17) is 0 Å². The molecule has 1 aliphatic carbocycles. The van der Waals surface area contributed by atoms with Crippen molar-refractivity contribution in [2.24, 2.45) is 0 Å². The van der Waals surface area contributed by atoms with Crippen molar-refractivity contribution in [2.45, 2.75) is 58.4 Å². The summed E-state index contributed by atoms with van der Waals surface area (Å²) in [4.78, 5) is 0. The molecular weight excluding hydrogens is 194 g/mol. The highest BCUT2D eigenvalue weighted by atomic mass is 14.9. The molecule has 1 aromatic rings. The van der Waals surface area contributed by atoms with Gasteiger partial charge in [0.25, 0.3) is 0 Å². The van der Waals surface area contributed by atoms with Crippen LogP contribution in [0.1, 0.15) is 49.7 Å². The molecule has 0 amide bonds. The molecule has 0 radical (unpaired) electrons. The minimum atomic E-state index is 0.699. The number of rotatable bonds is 2. The standard InChI is InChI=1S/C15H23N/c1-12-9-10-15(11-13(12)2)16-14-7-5-3-4-6-8-14/h9-11,14,16H,3-8H2,1-2H3. The van der Waals surface area contributed by atoms with Gasteiger partial charge in [0.2, 0.25) is 0 Å². The van der Waals surface area contributed by atoms with Crippen LogP contribution in [0.5, 0.6) is 0 Å². The summed E-state index contributed by atoms with van der Waals surface area (Å²) in [5.41, 5.74) is 4.07. The van der Waals surface area contributed by atoms with Crippen molar-refractivity contribution < 1.29 is 0 Å². The number of nitrogens with one attached hydrogen (secondary N) is 1. The molecule has 1 nitrogen and oxygen atoms in total. The lowest BCUT2D eigenvalue weighted by Gasteiger charge is -2.18. The summed E-state index contributed by atoms with van der Waals surface area (Å²) < 4.78 is 0. The third-order valence-electron chi connectivity index (χ3n) is 3.73. The first-order valence-corrected chi connectivity index (χ1v) is 6.59. The van der Waals surface area contributed by atoms with Crippen LogP contribution in [0.4, 0.5) is 5.69 Å². The second kappa shape index (κ2) is 5.38. The van der Waals surface area contributed by atoms with Crippen LogP contribution in [-0.2, 0) is 0 Å². The van der Waals surface area contributed by atoms with Crippen LogP contribution in [-0.4, -0.2) is 6.04 Å². The predicted molar refractivity (Wildman–Crippen MR) is 71.0 cm³/mol. The minimum Gasteiger partial charge on any atom is -0.382 e. The molecular formula is C15H23N. The van der Waals surface area contributed by atoms with Gasteiger partial charge in [0.15, 0.2) is 0 Å². The smallest absolute Gasteiger partial charge is 0.0345 e. The third kappa shape index (κ3) is 3.01. The van der Waals surface area contributed by atoms with Gasteiger partial charge in [-0.1, -0.05) is 31.7 Å². The fourth-order valence-corrected chi connectivity index (χ4v) is 2.49. The van der Waals surface area contributed by atoms with Crippen molar-refractivity contribution >= 4 is 5.69 Å². The van der Waals surface area contributed by atoms with E-state index in [2.05, 4.69) is 37.4 Å². The Kier molecular flexibility index (Phi) is 3.87. The molecule has 1 fully saturated rings. The SMILES string of the molecule is Cc1ccc(NC2CCCCCC2)cc1C. The number of hydrogen-bond acceptors (Lipinski definition) is 1. The molecule has 0 spiro atoms. The molecule has 0 saturated heterocycles. The number of anilines is 1. The fraction of sp³-hybridized carbons (Fsp3) is 0.600. The van der Waals surface area contributed by atoms with Gasteiger partial charge < -0.3 is 5.32 Å². The predicted octanol–water partition coefficient (Wildman–Crippen LogP) is 4.44. The Morgan fingerprint density at radius 3 is 2.25 bits per heavy atom. The molecule has 1 aliphatic rings. The third-order valence-corrected chi connectivity index (χ3v) is 3.73. The summed E-state index contributed by atoms with van der Waals surface area (Å²) in [6.45, 7) is 4.36. The Balaban J connectivity index is 1.99. The molecule has 88 valence electrons. The normalized spacial score (nSPS) is 18.1. The topological polar surface area (TPSA) is 12.0 Å². The van der Waals surface area contributed by atoms with Crippen molar-refractivity contribution in [1.29, 1.82) is 0 Å². The molecule has 1 N–H and O–H groups in total. The fourth-order valence-electron chi connectivity index (χ4n) is 2.49. The summed E-state index contributed by atoms with van der Waals surface area (Å²) in [6.07, 6.45) is 8.31. The molecule has 1 aromatic carbocycles. The molecule has 0 aliphatic heterocycles. The maximum Gasteiger partial charge on any atom is 0.0345 e. The Hall–Kier alpha value is -0.980. The van der Waals surface area contributed by atoms with Gasteiger partial charge in [-0.25, -0.2) is 0 Å². The summed E-state index contributed by atoms with van der Waals surface area (Å²) >= 11 is 0. The lowest BCUT2D eigenvalue weighted by atomic mass is 10.1. The van der Waals surface area contributed by atoms with E-state index in [0.29, 0.717) is 6.04 Å². The molecule has 0 heterocycles. The van der Waals surface area contributed by atoms with Crippen LogP contribution in [0, 0.1) is 13.8 Å². The van der Waals surface area contributed by atoms with E-state index in [1.165, 1.54) is 55.3 Å². The Morgan fingerprint density at radius 1 is 0.938 bits per heavy atom. The van der Waals surface area contributed by atoms with E-state index < -0.39 is 0 Å². The van der Waals surface area contributed by atoms with E-state index in [1.807, 2.05) is 0 Å². The van der Waals surface area contributed by atoms with Crippen LogP contribution >= 0.6 is 0 Å². The maximum absolute atomic E-state index is 3.69. The van der Waals surface area contributed by atoms with E-state index in [0.717, 1.165) is 0 Å². The van der Waals surface area contributed by atoms with Gasteiger partial charge in [0.1, 0.15) is 0 Å². The van der Waals surface area contributed by atoms with Gasteiger partial charge in [-0.2, -0.15) is 0 Å². The Labute approximate surface area is 99.3 Å². The van der Waals surface area contributed by atoms with Crippen LogP contribution in [0.25, 0.3) is 0 Å². The average molecular weight is 217 g/mol. The monoisotopic (exact) mass is 217 g/mol. The average Bonchev–Trinajstić information content (AvgIpc) is 2.52. The van der Waals surface area contributed by atoms with Crippen molar-refractivity contribution in [3.8, 4) is 0 Å². The Bertz CT molecular complexity index is 335. The van der Waals surface area contributed by atoms with E-state index in [1.54, 1.807) is 0 Å². The largest absolute Gasteiger partial charge is 0.382 e. The zero-order valence-corrected chi connectivity index (χ0v) is 10.6. The van der Waals surface area contributed by atoms with Crippen molar-refractivity contribution in [3.05, 3.63) is 29.3 Å². The van der Waals surface area contributed by atoms with Gasteiger partial charge >= 0.3 is 0 Å². The Morgan fingerprint density at radius 2 is 1.62 bits per heavy atom. The molecule has 2 rings (SSSR count). The lowest BCUT2D eigenvalue weighted by molar-refractivity contribution is 0.620. The molecule has 0 atom stereocenters. The summed E-state index contributed by atoms with van der Waals surface area (Å²) in [5.74, 6) is 0. The summed E-state index contributed by atoms with van der Waals surface area (Å²) in [7, 11) is 0. The van der Waals surface area contributed by atoms with Crippen molar-refractivity contribution in [1.82, 2.24) is 0 Å². The highest BCUT2D eigenvalue weighted by Crippen LogP contribution is 2.22. The molecule has 0 unspecified atom stereocenters. The van der Waals surface area contributed by atoms with E-state index in [-0.39, 0.29) is 0 Å². The first-order chi connectivity index (χ1) is 7.75. The van der Waals surface area contributed by atoms with Gasteiger partial charge in [-0.15, -0.1) is 0 Å².